The summed E-state index contributed by atoms with van der Waals surface area (Å²) in [7, 11) is 0. The lowest BCUT2D eigenvalue weighted by Crippen LogP contribution is -2.24. The summed E-state index contributed by atoms with van der Waals surface area (Å²) in [6.07, 6.45) is 1.35. The van der Waals surface area contributed by atoms with E-state index >= 15 is 0 Å². The van der Waals surface area contributed by atoms with E-state index in [1.807, 2.05) is 0 Å². The van der Waals surface area contributed by atoms with Crippen LogP contribution in [0.4, 0.5) is 0 Å². The van der Waals surface area contributed by atoms with Crippen molar-refractivity contribution < 1.29 is 0 Å². The van der Waals surface area contributed by atoms with Crippen molar-refractivity contribution in [2.24, 2.45) is 5.92 Å². The van der Waals surface area contributed by atoms with Crippen LogP contribution in [0.2, 0.25) is 0 Å². The Morgan fingerprint density at radius 1 is 1.11 bits per heavy atom. The van der Waals surface area contributed by atoms with Crippen LogP contribution in [-0.2, 0) is 0 Å². The highest BCUT2D eigenvalue weighted by atomic mass is 15.1. The molecule has 0 unspecified atom stereocenters. The molecule has 1 saturated carbocycles. The fourth-order valence-electron chi connectivity index (χ4n) is 1.42. The Labute approximate surface area is 56.0 Å². The summed E-state index contributed by atoms with van der Waals surface area (Å²) in [6.45, 7) is 4.69. The normalized spacial score (nSPS) is 49.7. The Morgan fingerprint density at radius 2 is 1.67 bits per heavy atom. The average Bonchev–Trinajstić information content (AvgIpc) is 2.54. The molecule has 2 fully saturated rings. The average molecular weight is 126 g/mol. The summed E-state index contributed by atoms with van der Waals surface area (Å²) < 4.78 is 0. The van der Waals surface area contributed by atoms with Crippen LogP contribution >= 0.6 is 0 Å². The summed E-state index contributed by atoms with van der Waals surface area (Å²) in [5, 5.41) is 7.01. The molecule has 2 N–H and O–H groups in total. The van der Waals surface area contributed by atoms with Gasteiger partial charge >= 0.3 is 0 Å². The Kier molecular flexibility index (Phi) is 1.24. The van der Waals surface area contributed by atoms with Gasteiger partial charge in [0.05, 0.1) is 0 Å². The molecule has 1 saturated heterocycles. The van der Waals surface area contributed by atoms with E-state index in [1.54, 1.807) is 0 Å². The lowest BCUT2D eigenvalue weighted by molar-refractivity contribution is 0.514. The van der Waals surface area contributed by atoms with Crippen LogP contribution in [-0.4, -0.2) is 25.2 Å². The van der Waals surface area contributed by atoms with Gasteiger partial charge in [0, 0.05) is 12.1 Å². The molecule has 2 heteroatoms. The molecule has 1 heterocycles. The van der Waals surface area contributed by atoms with E-state index in [-0.39, 0.29) is 0 Å². The highest BCUT2D eigenvalue weighted by molar-refractivity contribution is 5.01. The minimum Gasteiger partial charge on any atom is -0.312 e. The van der Waals surface area contributed by atoms with Gasteiger partial charge in [-0.1, -0.05) is 6.92 Å². The van der Waals surface area contributed by atoms with Gasteiger partial charge in [0.2, 0.25) is 0 Å². The van der Waals surface area contributed by atoms with Crippen molar-refractivity contribution in [1.29, 1.82) is 0 Å². The van der Waals surface area contributed by atoms with Crippen LogP contribution in [0, 0.1) is 5.92 Å². The first kappa shape index (κ1) is 5.69. The summed E-state index contributed by atoms with van der Waals surface area (Å²) in [4.78, 5) is 0. The molecule has 0 aromatic rings. The molecule has 0 bridgehead atoms. The molecule has 52 valence electrons. The van der Waals surface area contributed by atoms with Crippen molar-refractivity contribution in [3.63, 3.8) is 0 Å². The first-order valence-corrected chi connectivity index (χ1v) is 3.83. The third-order valence-electron chi connectivity index (χ3n) is 2.25. The number of rotatable bonds is 0. The predicted octanol–water partition coefficient (Wildman–Crippen LogP) is -0.0438. The molecular weight excluding hydrogens is 112 g/mol. The molecule has 0 amide bonds. The van der Waals surface area contributed by atoms with Gasteiger partial charge in [-0.05, 0) is 25.4 Å². The summed E-state index contributed by atoms with van der Waals surface area (Å²) in [5.41, 5.74) is 0. The predicted molar refractivity (Wildman–Crippen MR) is 37.4 cm³/mol. The Balaban J connectivity index is 1.89. The van der Waals surface area contributed by atoms with E-state index in [0.717, 1.165) is 18.0 Å². The van der Waals surface area contributed by atoms with Crippen molar-refractivity contribution in [2.45, 2.75) is 25.4 Å². The fourth-order valence-corrected chi connectivity index (χ4v) is 1.42. The summed E-state index contributed by atoms with van der Waals surface area (Å²) >= 11 is 0. The van der Waals surface area contributed by atoms with Gasteiger partial charge < -0.3 is 10.6 Å². The monoisotopic (exact) mass is 126 g/mol. The lowest BCUT2D eigenvalue weighted by atomic mass is 10.2. The number of fused-ring (bicyclic) bond motifs is 1. The fraction of sp³-hybridized carbons (Fsp3) is 1.00. The van der Waals surface area contributed by atoms with Crippen molar-refractivity contribution >= 4 is 0 Å². The first-order chi connectivity index (χ1) is 4.36. The minimum absolute atomic E-state index is 0.815. The van der Waals surface area contributed by atoms with Gasteiger partial charge in [-0.25, -0.2) is 0 Å². The van der Waals surface area contributed by atoms with Crippen molar-refractivity contribution in [3.8, 4) is 0 Å². The van der Waals surface area contributed by atoms with E-state index < -0.39 is 0 Å². The molecule has 0 aromatic heterocycles. The highest BCUT2D eigenvalue weighted by Crippen LogP contribution is 2.23. The Morgan fingerprint density at radius 3 is 2.22 bits per heavy atom. The van der Waals surface area contributed by atoms with Crippen molar-refractivity contribution in [2.75, 3.05) is 13.1 Å². The standard InChI is InChI=1S/C7H14N2/c1-5-3-8-6-2-7(6)9-4-5/h5-9H,2-4H2,1H3/t5-,6+,7-. The maximum atomic E-state index is 3.51. The maximum Gasteiger partial charge on any atom is 0.0237 e. The largest absolute Gasteiger partial charge is 0.312 e. The lowest BCUT2D eigenvalue weighted by Gasteiger charge is -2.07. The second-order valence-electron chi connectivity index (χ2n) is 3.37. The molecular formula is C7H14N2. The second-order valence-corrected chi connectivity index (χ2v) is 3.37. The quantitative estimate of drug-likeness (QED) is 0.476. The molecule has 2 aliphatic rings. The highest BCUT2D eigenvalue weighted by Gasteiger charge is 2.38. The Bertz CT molecular complexity index is 97.5. The van der Waals surface area contributed by atoms with Gasteiger partial charge in [0.1, 0.15) is 0 Å². The number of hydrogen-bond donors (Lipinski definition) is 2. The van der Waals surface area contributed by atoms with Crippen molar-refractivity contribution in [3.05, 3.63) is 0 Å². The molecule has 2 nitrogen and oxygen atoms in total. The second kappa shape index (κ2) is 1.96. The molecule has 2 rings (SSSR count). The Hall–Kier alpha value is -0.0800. The third-order valence-corrected chi connectivity index (χ3v) is 2.25. The summed E-state index contributed by atoms with van der Waals surface area (Å²) in [5.74, 6) is 0.817. The van der Waals surface area contributed by atoms with Crippen LogP contribution in [0.1, 0.15) is 13.3 Å². The van der Waals surface area contributed by atoms with E-state index in [1.165, 1.54) is 19.5 Å². The molecule has 1 aliphatic heterocycles. The zero-order valence-electron chi connectivity index (χ0n) is 5.85. The number of nitrogens with one attached hydrogen (secondary N) is 2. The topological polar surface area (TPSA) is 24.1 Å². The van der Waals surface area contributed by atoms with Gasteiger partial charge in [-0.2, -0.15) is 0 Å². The van der Waals surface area contributed by atoms with E-state index in [0.29, 0.717) is 0 Å². The molecule has 9 heavy (non-hydrogen) atoms. The van der Waals surface area contributed by atoms with Gasteiger partial charge in [-0.3, -0.25) is 0 Å². The molecule has 0 radical (unpaired) electrons. The maximum absolute atomic E-state index is 3.51. The van der Waals surface area contributed by atoms with E-state index in [9.17, 15) is 0 Å². The molecule has 1 aliphatic carbocycles. The van der Waals surface area contributed by atoms with E-state index in [2.05, 4.69) is 17.6 Å². The first-order valence-electron chi connectivity index (χ1n) is 3.83. The van der Waals surface area contributed by atoms with Crippen LogP contribution in [0.15, 0.2) is 0 Å². The molecule has 3 atom stereocenters. The molecule has 0 aromatic carbocycles. The number of hydrogen-bond acceptors (Lipinski definition) is 2. The zero-order valence-corrected chi connectivity index (χ0v) is 5.85. The van der Waals surface area contributed by atoms with Crippen LogP contribution < -0.4 is 10.6 Å². The van der Waals surface area contributed by atoms with Crippen LogP contribution in [0.3, 0.4) is 0 Å². The van der Waals surface area contributed by atoms with Crippen LogP contribution in [0.5, 0.6) is 0 Å². The van der Waals surface area contributed by atoms with Gasteiger partial charge in [0.25, 0.3) is 0 Å². The molecule has 0 spiro atoms. The van der Waals surface area contributed by atoms with Gasteiger partial charge in [-0.15, -0.1) is 0 Å². The van der Waals surface area contributed by atoms with E-state index in [4.69, 9.17) is 0 Å². The zero-order chi connectivity index (χ0) is 6.27. The van der Waals surface area contributed by atoms with Gasteiger partial charge in [0.15, 0.2) is 0 Å². The minimum atomic E-state index is 0.815. The SMILES string of the molecule is C[C@@H]1CN[C@H]2C[C@H]2NC1. The summed E-state index contributed by atoms with van der Waals surface area (Å²) in [6, 6.07) is 1.63. The van der Waals surface area contributed by atoms with Crippen molar-refractivity contribution in [1.82, 2.24) is 10.6 Å². The smallest absolute Gasteiger partial charge is 0.0237 e. The third kappa shape index (κ3) is 1.10. The van der Waals surface area contributed by atoms with Crippen LogP contribution in [0.25, 0.3) is 0 Å².